The molecule has 1 aliphatic rings. The molecular weight excluding hydrogens is 462 g/mol. The lowest BCUT2D eigenvalue weighted by Gasteiger charge is -2.38. The third-order valence-corrected chi connectivity index (χ3v) is 6.93. The number of aromatic nitrogens is 3. The van der Waals surface area contributed by atoms with Gasteiger partial charge in [-0.1, -0.05) is 26.8 Å². The van der Waals surface area contributed by atoms with Gasteiger partial charge in [-0.05, 0) is 60.7 Å². The summed E-state index contributed by atoms with van der Waals surface area (Å²) in [6.45, 7) is 8.56. The van der Waals surface area contributed by atoms with Gasteiger partial charge in [-0.2, -0.15) is 0 Å². The number of hydrogen-bond acceptors (Lipinski definition) is 6. The van der Waals surface area contributed by atoms with E-state index in [1.165, 1.54) is 24.4 Å². The number of nitrogens with zero attached hydrogens (tertiary/aromatic N) is 4. The predicted octanol–water partition coefficient (Wildman–Crippen LogP) is 5.87. The van der Waals surface area contributed by atoms with Gasteiger partial charge in [0.1, 0.15) is 34.4 Å². The van der Waals surface area contributed by atoms with Crippen LogP contribution in [0.2, 0.25) is 0 Å². The molecule has 5 rings (SSSR count). The van der Waals surface area contributed by atoms with E-state index in [9.17, 15) is 14.6 Å². The molecule has 0 amide bonds. The lowest BCUT2D eigenvalue weighted by molar-refractivity contribution is 0.0447. The average molecular weight is 493 g/mol. The molecule has 4 aromatic rings. The Bertz CT molecular complexity index is 1490. The van der Waals surface area contributed by atoms with Gasteiger partial charge < -0.3 is 15.1 Å². The van der Waals surface area contributed by atoms with E-state index in [0.717, 1.165) is 6.42 Å². The molecule has 3 heterocycles. The number of rotatable bonds is 4. The molecule has 1 fully saturated rings. The first-order valence-electron chi connectivity index (χ1n) is 12.4. The lowest BCUT2D eigenvalue weighted by atomic mass is 9.94. The maximum Gasteiger partial charge on any atom is 0.175 e. The van der Waals surface area contributed by atoms with Gasteiger partial charge in [-0.3, -0.25) is 4.98 Å². The Hall–Kier alpha value is -3.39. The van der Waals surface area contributed by atoms with Crippen LogP contribution >= 0.6 is 0 Å². The summed E-state index contributed by atoms with van der Waals surface area (Å²) < 4.78 is 31.0. The number of benzene rings is 2. The van der Waals surface area contributed by atoms with Crippen molar-refractivity contribution in [1.82, 2.24) is 15.0 Å². The number of aryl methyl sites for hydroxylation is 1. The van der Waals surface area contributed by atoms with Crippen molar-refractivity contribution < 1.29 is 19.0 Å². The summed E-state index contributed by atoms with van der Waals surface area (Å²) in [4.78, 5) is 15.7. The Morgan fingerprint density at radius 1 is 1.17 bits per heavy atom. The van der Waals surface area contributed by atoms with Gasteiger partial charge in [0, 0.05) is 30.8 Å². The number of hydrogen-bond donors (Lipinski definition) is 2. The average Bonchev–Trinajstić information content (AvgIpc) is 2.83. The van der Waals surface area contributed by atoms with E-state index in [1.807, 2.05) is 25.7 Å². The van der Waals surface area contributed by atoms with Crippen molar-refractivity contribution in [3.63, 3.8) is 0 Å². The SMILES string of the molecule is CCc1c(F)ccc2cc(O)cc(-c3ncc4c(N5CCC[C@@](C)(O)C5)nc(C(C)C)nc4c3F)c12. The van der Waals surface area contributed by atoms with Gasteiger partial charge >= 0.3 is 0 Å². The van der Waals surface area contributed by atoms with E-state index in [2.05, 4.69) is 9.97 Å². The maximum absolute atomic E-state index is 16.3. The molecule has 2 aromatic heterocycles. The Balaban J connectivity index is 1.79. The van der Waals surface area contributed by atoms with Crippen molar-refractivity contribution in [2.45, 2.75) is 58.5 Å². The molecule has 2 N–H and O–H groups in total. The van der Waals surface area contributed by atoms with Crippen LogP contribution in [-0.2, 0) is 6.42 Å². The van der Waals surface area contributed by atoms with Crippen LogP contribution in [0.4, 0.5) is 14.6 Å². The molecule has 188 valence electrons. The minimum absolute atomic E-state index is 0.00584. The van der Waals surface area contributed by atoms with Crippen LogP contribution in [0.25, 0.3) is 32.9 Å². The number of fused-ring (bicyclic) bond motifs is 2. The molecule has 2 aromatic carbocycles. The number of aliphatic hydroxyl groups is 1. The Labute approximate surface area is 208 Å². The van der Waals surface area contributed by atoms with Gasteiger partial charge in [0.05, 0.1) is 11.0 Å². The topological polar surface area (TPSA) is 82.4 Å². The van der Waals surface area contributed by atoms with Crippen molar-refractivity contribution in [1.29, 1.82) is 0 Å². The zero-order valence-electron chi connectivity index (χ0n) is 20.9. The molecule has 0 saturated carbocycles. The van der Waals surface area contributed by atoms with Crippen LogP contribution in [0.1, 0.15) is 57.8 Å². The lowest BCUT2D eigenvalue weighted by Crippen LogP contribution is -2.46. The highest BCUT2D eigenvalue weighted by molar-refractivity contribution is 6.01. The minimum Gasteiger partial charge on any atom is -0.508 e. The summed E-state index contributed by atoms with van der Waals surface area (Å²) >= 11 is 0. The quantitative estimate of drug-likeness (QED) is 0.371. The summed E-state index contributed by atoms with van der Waals surface area (Å²) in [6.07, 6.45) is 3.40. The number of phenols is 1. The molecule has 1 saturated heterocycles. The molecule has 0 spiro atoms. The second-order valence-corrected chi connectivity index (χ2v) is 10.2. The fourth-order valence-electron chi connectivity index (χ4n) is 5.18. The van der Waals surface area contributed by atoms with Crippen molar-refractivity contribution in [3.8, 4) is 17.0 Å². The molecule has 0 bridgehead atoms. The smallest absolute Gasteiger partial charge is 0.175 e. The van der Waals surface area contributed by atoms with Crippen LogP contribution in [0.3, 0.4) is 0 Å². The number of anilines is 1. The molecule has 1 atom stereocenters. The Morgan fingerprint density at radius 2 is 1.94 bits per heavy atom. The Kier molecular flexibility index (Phi) is 6.03. The van der Waals surface area contributed by atoms with Crippen LogP contribution in [0, 0.1) is 11.6 Å². The zero-order chi connectivity index (χ0) is 25.8. The summed E-state index contributed by atoms with van der Waals surface area (Å²) in [5, 5.41) is 22.6. The van der Waals surface area contributed by atoms with Crippen molar-refractivity contribution in [2.24, 2.45) is 0 Å². The van der Waals surface area contributed by atoms with Crippen LogP contribution in [0.5, 0.6) is 5.75 Å². The summed E-state index contributed by atoms with van der Waals surface area (Å²) in [6, 6.07) is 5.89. The van der Waals surface area contributed by atoms with Crippen LogP contribution in [0.15, 0.2) is 30.5 Å². The van der Waals surface area contributed by atoms with Gasteiger partial charge in [-0.15, -0.1) is 0 Å². The Morgan fingerprint density at radius 3 is 2.64 bits per heavy atom. The third kappa shape index (κ3) is 4.13. The van der Waals surface area contributed by atoms with E-state index in [4.69, 9.17) is 4.98 Å². The number of phenolic OH excluding ortho intramolecular Hbond substituents is 1. The molecule has 0 unspecified atom stereocenters. The van der Waals surface area contributed by atoms with Crippen molar-refractivity contribution >= 4 is 27.5 Å². The first kappa shape index (κ1) is 24.3. The van der Waals surface area contributed by atoms with Crippen molar-refractivity contribution in [2.75, 3.05) is 18.0 Å². The fourth-order valence-corrected chi connectivity index (χ4v) is 5.18. The van der Waals surface area contributed by atoms with Crippen LogP contribution < -0.4 is 4.90 Å². The summed E-state index contributed by atoms with van der Waals surface area (Å²) in [5.41, 5.74) is -0.0161. The van der Waals surface area contributed by atoms with Crippen molar-refractivity contribution in [3.05, 3.63) is 53.5 Å². The highest BCUT2D eigenvalue weighted by Gasteiger charge is 2.31. The molecular formula is C28H30F2N4O2. The monoisotopic (exact) mass is 492 g/mol. The molecule has 0 aliphatic carbocycles. The summed E-state index contributed by atoms with van der Waals surface area (Å²) in [5.74, 6) is -0.129. The molecule has 6 nitrogen and oxygen atoms in total. The number of piperidine rings is 1. The second kappa shape index (κ2) is 8.92. The third-order valence-electron chi connectivity index (χ3n) is 6.93. The highest BCUT2D eigenvalue weighted by atomic mass is 19.1. The van der Waals surface area contributed by atoms with E-state index < -0.39 is 11.4 Å². The molecule has 1 aliphatic heterocycles. The standard InChI is InChI=1S/C28H30F2N4O2/c1-5-18-21(29)8-7-16-11-17(35)12-19(22(16)18)24-23(30)25-20(13-31-24)27(33-26(32-25)15(2)3)34-10-6-9-28(4,36)14-34/h7-8,11-13,15,35-36H,5-6,9-10,14H2,1-4H3/t28-/m1/s1. The van der Waals surface area contributed by atoms with Gasteiger partial charge in [0.25, 0.3) is 0 Å². The summed E-state index contributed by atoms with van der Waals surface area (Å²) in [7, 11) is 0. The maximum atomic E-state index is 16.3. The highest BCUT2D eigenvalue weighted by Crippen LogP contribution is 2.39. The first-order chi connectivity index (χ1) is 17.1. The number of halogens is 2. The number of pyridine rings is 1. The predicted molar refractivity (Wildman–Crippen MR) is 137 cm³/mol. The van der Waals surface area contributed by atoms with E-state index in [0.29, 0.717) is 64.9 Å². The van der Waals surface area contributed by atoms with Gasteiger partial charge in [0.15, 0.2) is 5.82 Å². The molecule has 0 radical (unpaired) electrons. The minimum atomic E-state index is -0.874. The number of aromatic hydroxyl groups is 1. The second-order valence-electron chi connectivity index (χ2n) is 10.2. The van der Waals surface area contributed by atoms with Crippen LogP contribution in [-0.4, -0.2) is 43.9 Å². The van der Waals surface area contributed by atoms with E-state index in [-0.39, 0.29) is 28.7 Å². The molecule has 36 heavy (non-hydrogen) atoms. The fraction of sp³-hybridized carbons (Fsp3) is 0.393. The van der Waals surface area contributed by atoms with E-state index in [1.54, 1.807) is 13.0 Å². The largest absolute Gasteiger partial charge is 0.508 e. The zero-order valence-corrected chi connectivity index (χ0v) is 20.9. The van der Waals surface area contributed by atoms with E-state index >= 15 is 4.39 Å². The molecule has 8 heteroatoms. The number of β-amino-alcohol motifs (C(OH)–C–C–N with tert-alkyl or cyclic N) is 1. The normalized spacial score (nSPS) is 18.5. The van der Waals surface area contributed by atoms with Gasteiger partial charge in [-0.25, -0.2) is 18.7 Å². The first-order valence-corrected chi connectivity index (χ1v) is 12.4. The van der Waals surface area contributed by atoms with Gasteiger partial charge in [0.2, 0.25) is 0 Å².